The van der Waals surface area contributed by atoms with Crippen LogP contribution in [0, 0.1) is 0 Å². The number of fused-ring (bicyclic) bond motifs is 1. The van der Waals surface area contributed by atoms with E-state index in [2.05, 4.69) is 0 Å². The molecule has 0 bridgehead atoms. The number of hydrogen-bond donors (Lipinski definition) is 1. The first-order chi connectivity index (χ1) is 17.4. The average molecular weight is 532 g/mol. The summed E-state index contributed by atoms with van der Waals surface area (Å²) in [6, 6.07) is 16.9. The molecule has 194 valence electrons. The minimum absolute atomic E-state index is 0.144. The number of hydrogen-bond acceptors (Lipinski definition) is 3. The van der Waals surface area contributed by atoms with Crippen molar-refractivity contribution >= 4 is 23.5 Å². The third kappa shape index (κ3) is 6.63. The Morgan fingerprint density at radius 3 is 2.43 bits per heavy atom. The third-order valence-corrected chi connectivity index (χ3v) is 6.56. The number of aliphatic carboxylic acids is 1. The zero-order chi connectivity index (χ0) is 26.8. The fourth-order valence-electron chi connectivity index (χ4n) is 4.49. The lowest BCUT2D eigenvalue weighted by atomic mass is 9.87. The fraction of sp³-hybridized carbons (Fsp3) is 0.286. The first-order valence-corrected chi connectivity index (χ1v) is 12.0. The van der Waals surface area contributed by atoms with Crippen LogP contribution in [0.1, 0.15) is 46.0 Å². The smallest absolute Gasteiger partial charge is 0.416 e. The Labute approximate surface area is 217 Å². The molecule has 0 spiro atoms. The molecule has 3 aromatic carbocycles. The quantitative estimate of drug-likeness (QED) is 0.382. The molecular formula is C28H25ClF3NO4. The van der Waals surface area contributed by atoms with Gasteiger partial charge in [-0.05, 0) is 78.9 Å². The Balaban J connectivity index is 1.50. The van der Waals surface area contributed by atoms with Gasteiger partial charge in [-0.15, -0.1) is 0 Å². The Morgan fingerprint density at radius 2 is 1.78 bits per heavy atom. The maximum absolute atomic E-state index is 13.2. The molecule has 0 aliphatic carbocycles. The number of carboxylic acids is 1. The molecule has 0 unspecified atom stereocenters. The normalized spacial score (nSPS) is 17.0. The molecule has 0 saturated heterocycles. The standard InChI is InChI=1S/C28H25ClF3NO4/c1-27(15-19-3-2-4-23(29)13-19)12-11-20-14-21(7-10-24(20)37-27)26(36)33(17-25(34)35)16-18-5-8-22(9-6-18)28(30,31)32/h2-10,13-14H,11-12,15-17H2,1H3,(H,34,35)/t27-/m0/s1. The van der Waals surface area contributed by atoms with Crippen molar-refractivity contribution in [3.8, 4) is 5.75 Å². The van der Waals surface area contributed by atoms with Crippen LogP contribution in [0.25, 0.3) is 0 Å². The highest BCUT2D eigenvalue weighted by molar-refractivity contribution is 6.30. The van der Waals surface area contributed by atoms with Gasteiger partial charge in [-0.2, -0.15) is 13.2 Å². The van der Waals surface area contributed by atoms with Gasteiger partial charge in [-0.1, -0.05) is 35.9 Å². The highest BCUT2D eigenvalue weighted by atomic mass is 35.5. The van der Waals surface area contributed by atoms with Crippen LogP contribution in [0.3, 0.4) is 0 Å². The predicted molar refractivity (Wildman–Crippen MR) is 133 cm³/mol. The summed E-state index contributed by atoms with van der Waals surface area (Å²) in [4.78, 5) is 25.7. The van der Waals surface area contributed by atoms with E-state index < -0.39 is 35.8 Å². The highest BCUT2D eigenvalue weighted by Gasteiger charge is 2.33. The van der Waals surface area contributed by atoms with Crippen molar-refractivity contribution < 1.29 is 32.6 Å². The maximum atomic E-state index is 13.2. The number of halogens is 4. The van der Waals surface area contributed by atoms with Gasteiger partial charge in [-0.3, -0.25) is 9.59 Å². The number of amides is 1. The summed E-state index contributed by atoms with van der Waals surface area (Å²) in [7, 11) is 0. The van der Waals surface area contributed by atoms with Crippen LogP contribution in [0.2, 0.25) is 5.02 Å². The lowest BCUT2D eigenvalue weighted by molar-refractivity contribution is -0.138. The van der Waals surface area contributed by atoms with Crippen molar-refractivity contribution in [2.45, 2.75) is 44.5 Å². The van der Waals surface area contributed by atoms with Crippen LogP contribution in [0.5, 0.6) is 5.75 Å². The molecule has 1 heterocycles. The molecule has 0 radical (unpaired) electrons. The first-order valence-electron chi connectivity index (χ1n) is 11.7. The van der Waals surface area contributed by atoms with Gasteiger partial charge < -0.3 is 14.7 Å². The van der Waals surface area contributed by atoms with Crippen LogP contribution >= 0.6 is 11.6 Å². The SMILES string of the molecule is C[C@@]1(Cc2cccc(Cl)c2)CCc2cc(C(=O)N(CC(=O)O)Cc3ccc(C(F)(F)F)cc3)ccc2O1. The molecule has 0 saturated carbocycles. The van der Waals surface area contributed by atoms with Gasteiger partial charge >= 0.3 is 12.1 Å². The second kappa shape index (κ2) is 10.5. The summed E-state index contributed by atoms with van der Waals surface area (Å²) >= 11 is 6.11. The van der Waals surface area contributed by atoms with Gasteiger partial charge in [0.05, 0.1) is 5.56 Å². The van der Waals surface area contributed by atoms with Crippen molar-refractivity contribution in [3.63, 3.8) is 0 Å². The number of nitrogens with zero attached hydrogens (tertiary/aromatic N) is 1. The summed E-state index contributed by atoms with van der Waals surface area (Å²) in [5.41, 5.74) is 1.29. The van der Waals surface area contributed by atoms with Gasteiger partial charge in [0.15, 0.2) is 0 Å². The Hall–Kier alpha value is -3.52. The summed E-state index contributed by atoms with van der Waals surface area (Å²) in [6.07, 6.45) is -2.46. The van der Waals surface area contributed by atoms with E-state index in [1.807, 2.05) is 31.2 Å². The number of ether oxygens (including phenoxy) is 1. The number of alkyl halides is 3. The summed E-state index contributed by atoms with van der Waals surface area (Å²) < 4.78 is 44.9. The van der Waals surface area contributed by atoms with Gasteiger partial charge in [0.2, 0.25) is 0 Å². The van der Waals surface area contributed by atoms with Gasteiger partial charge in [0.1, 0.15) is 17.9 Å². The molecule has 37 heavy (non-hydrogen) atoms. The monoisotopic (exact) mass is 531 g/mol. The second-order valence-electron chi connectivity index (χ2n) is 9.43. The number of aryl methyl sites for hydroxylation is 1. The van der Waals surface area contributed by atoms with Crippen molar-refractivity contribution in [2.75, 3.05) is 6.54 Å². The average Bonchev–Trinajstić information content (AvgIpc) is 2.82. The fourth-order valence-corrected chi connectivity index (χ4v) is 4.70. The zero-order valence-electron chi connectivity index (χ0n) is 20.0. The lowest BCUT2D eigenvalue weighted by Gasteiger charge is -2.36. The largest absolute Gasteiger partial charge is 0.487 e. The molecule has 1 aliphatic heterocycles. The van der Waals surface area contributed by atoms with Gasteiger partial charge in [0.25, 0.3) is 5.91 Å². The Morgan fingerprint density at radius 1 is 1.05 bits per heavy atom. The molecular weight excluding hydrogens is 507 g/mol. The van der Waals surface area contributed by atoms with E-state index in [0.29, 0.717) is 35.6 Å². The van der Waals surface area contributed by atoms with Crippen molar-refractivity contribution in [1.82, 2.24) is 4.90 Å². The lowest BCUT2D eigenvalue weighted by Crippen LogP contribution is -2.39. The summed E-state index contributed by atoms with van der Waals surface area (Å²) in [6.45, 7) is 1.29. The van der Waals surface area contributed by atoms with Crippen LogP contribution in [-0.2, 0) is 30.4 Å². The second-order valence-corrected chi connectivity index (χ2v) is 9.87. The molecule has 1 N–H and O–H groups in total. The molecule has 0 aromatic heterocycles. The topological polar surface area (TPSA) is 66.8 Å². The minimum Gasteiger partial charge on any atom is -0.487 e. The molecule has 1 amide bonds. The molecule has 1 atom stereocenters. The molecule has 0 fully saturated rings. The molecule has 1 aliphatic rings. The number of benzene rings is 3. The van der Waals surface area contributed by atoms with Crippen LogP contribution in [-0.4, -0.2) is 34.0 Å². The van der Waals surface area contributed by atoms with Gasteiger partial charge in [0, 0.05) is 23.6 Å². The van der Waals surface area contributed by atoms with E-state index >= 15 is 0 Å². The van der Waals surface area contributed by atoms with E-state index in [1.54, 1.807) is 18.2 Å². The minimum atomic E-state index is -4.48. The van der Waals surface area contributed by atoms with Crippen molar-refractivity contribution in [1.29, 1.82) is 0 Å². The number of rotatable bonds is 7. The Bertz CT molecular complexity index is 1310. The summed E-state index contributed by atoms with van der Waals surface area (Å²) in [5, 5.41) is 9.98. The third-order valence-electron chi connectivity index (χ3n) is 6.32. The van der Waals surface area contributed by atoms with E-state index in [0.717, 1.165) is 28.2 Å². The number of carbonyl (C=O) groups is 2. The molecule has 9 heteroatoms. The zero-order valence-corrected chi connectivity index (χ0v) is 20.8. The van der Waals surface area contributed by atoms with E-state index in [-0.39, 0.29) is 12.1 Å². The molecule has 4 rings (SSSR count). The van der Waals surface area contributed by atoms with E-state index in [1.165, 1.54) is 12.1 Å². The Kier molecular flexibility index (Phi) is 7.50. The summed E-state index contributed by atoms with van der Waals surface area (Å²) in [5.74, 6) is -1.10. The highest BCUT2D eigenvalue weighted by Crippen LogP contribution is 2.36. The van der Waals surface area contributed by atoms with E-state index in [9.17, 15) is 27.9 Å². The van der Waals surface area contributed by atoms with Crippen LogP contribution < -0.4 is 4.74 Å². The van der Waals surface area contributed by atoms with E-state index in [4.69, 9.17) is 16.3 Å². The number of carboxylic acid groups (broad SMARTS) is 1. The van der Waals surface area contributed by atoms with Crippen LogP contribution in [0.15, 0.2) is 66.7 Å². The van der Waals surface area contributed by atoms with Crippen molar-refractivity contribution in [2.24, 2.45) is 0 Å². The van der Waals surface area contributed by atoms with Gasteiger partial charge in [-0.25, -0.2) is 0 Å². The predicted octanol–water partition coefficient (Wildman–Crippen LogP) is 6.41. The maximum Gasteiger partial charge on any atom is 0.416 e. The van der Waals surface area contributed by atoms with Crippen molar-refractivity contribution in [3.05, 3.63) is 99.6 Å². The number of carbonyl (C=O) groups excluding carboxylic acids is 1. The molecule has 3 aromatic rings. The van der Waals surface area contributed by atoms with Crippen LogP contribution in [0.4, 0.5) is 13.2 Å². The molecule has 5 nitrogen and oxygen atoms in total. The first kappa shape index (κ1) is 26.5.